The van der Waals surface area contributed by atoms with E-state index in [0.717, 1.165) is 18.3 Å². The Hall–Kier alpha value is -2.03. The van der Waals surface area contributed by atoms with E-state index in [1.165, 1.54) is 93.9 Å². The van der Waals surface area contributed by atoms with Crippen molar-refractivity contribution in [3.8, 4) is 0 Å². The Bertz CT molecular complexity index is 824. The fourth-order valence-electron chi connectivity index (χ4n) is 5.12. The predicted molar refractivity (Wildman–Crippen MR) is 137 cm³/mol. The lowest BCUT2D eigenvalue weighted by molar-refractivity contribution is 0.458. The van der Waals surface area contributed by atoms with Gasteiger partial charge in [-0.15, -0.1) is 0 Å². The normalized spacial score (nSPS) is 20.8. The van der Waals surface area contributed by atoms with E-state index >= 15 is 0 Å². The lowest BCUT2D eigenvalue weighted by Crippen LogP contribution is -2.09. The Labute approximate surface area is 196 Å². The first-order chi connectivity index (χ1) is 15.7. The average molecular weight is 436 g/mol. The molecule has 2 N–H and O–H groups in total. The molecule has 2 unspecified atom stereocenters. The quantitative estimate of drug-likeness (QED) is 0.302. The van der Waals surface area contributed by atoms with Crippen LogP contribution < -0.4 is 0 Å². The van der Waals surface area contributed by atoms with Gasteiger partial charge in [-0.25, -0.2) is 4.98 Å². The molecule has 0 spiro atoms. The molecule has 0 aromatic carbocycles. The van der Waals surface area contributed by atoms with Crippen LogP contribution in [0.4, 0.5) is 0 Å². The number of nitrogens with one attached hydrogen (secondary N) is 2. The van der Waals surface area contributed by atoms with Crippen molar-refractivity contribution in [3.63, 3.8) is 0 Å². The van der Waals surface area contributed by atoms with Crippen LogP contribution >= 0.6 is 0 Å². The average Bonchev–Trinajstić information content (AvgIpc) is 3.48. The predicted octanol–water partition coefficient (Wildman–Crippen LogP) is 8.26. The first-order valence-corrected chi connectivity index (χ1v) is 13.1. The number of nitrogens with zero attached hydrogens (tertiary/aromatic N) is 1. The molecule has 3 heteroatoms. The molecule has 4 rings (SSSR count). The maximum absolute atomic E-state index is 4.05. The zero-order valence-electron chi connectivity index (χ0n) is 20.8. The van der Waals surface area contributed by atoms with E-state index in [9.17, 15) is 0 Å². The van der Waals surface area contributed by atoms with Crippen LogP contribution in [0.15, 0.2) is 48.2 Å². The fraction of sp³-hybridized carbons (Fsp3) is 0.621. The summed E-state index contributed by atoms with van der Waals surface area (Å²) in [6.07, 6.45) is 30.0. The standard InChI is InChI=1S/C17H27N.C12H18N2/c1-3-4-5-6-15-7-9-16(10-8-15)11-17-13-18-12-14(17)2;1-2-10-3-5-11(6-4-10)7-12-8-13-9-14-12/h7,12-13,16,18H,3-6,8-11H2,1-2H3;3,8-9,11H,2,4-7H2,1H3,(H,13,14). The highest BCUT2D eigenvalue weighted by Crippen LogP contribution is 2.30. The number of aromatic amines is 2. The van der Waals surface area contributed by atoms with E-state index in [1.54, 1.807) is 17.5 Å². The minimum atomic E-state index is 0.825. The van der Waals surface area contributed by atoms with E-state index in [4.69, 9.17) is 0 Å². The summed E-state index contributed by atoms with van der Waals surface area (Å²) in [7, 11) is 0. The molecule has 0 bridgehead atoms. The van der Waals surface area contributed by atoms with Crippen molar-refractivity contribution < 1.29 is 0 Å². The lowest BCUT2D eigenvalue weighted by atomic mass is 9.84. The van der Waals surface area contributed by atoms with Crippen molar-refractivity contribution in [3.05, 3.63) is 65.0 Å². The second-order valence-corrected chi connectivity index (χ2v) is 9.96. The summed E-state index contributed by atoms with van der Waals surface area (Å²) in [6, 6.07) is 0. The van der Waals surface area contributed by atoms with Crippen LogP contribution in [0.3, 0.4) is 0 Å². The van der Waals surface area contributed by atoms with E-state index in [0.29, 0.717) is 0 Å². The molecule has 176 valence electrons. The number of hydrogen-bond acceptors (Lipinski definition) is 1. The lowest BCUT2D eigenvalue weighted by Gasteiger charge is -2.22. The molecule has 0 amide bonds. The van der Waals surface area contributed by atoms with E-state index in [2.05, 4.69) is 60.3 Å². The Kier molecular flexibility index (Phi) is 10.4. The van der Waals surface area contributed by atoms with Gasteiger partial charge in [0.15, 0.2) is 0 Å². The van der Waals surface area contributed by atoms with Crippen LogP contribution in [0, 0.1) is 18.8 Å². The van der Waals surface area contributed by atoms with Gasteiger partial charge in [0.1, 0.15) is 0 Å². The molecule has 2 aromatic rings. The molecule has 0 saturated heterocycles. The number of H-pyrrole nitrogens is 2. The molecular weight excluding hydrogens is 390 g/mol. The van der Waals surface area contributed by atoms with Gasteiger partial charge in [0.25, 0.3) is 0 Å². The summed E-state index contributed by atoms with van der Waals surface area (Å²) in [5.74, 6) is 1.69. The number of aromatic nitrogens is 3. The smallest absolute Gasteiger partial charge is 0.0921 e. The molecule has 0 aliphatic heterocycles. The van der Waals surface area contributed by atoms with Gasteiger partial charge in [-0.3, -0.25) is 0 Å². The van der Waals surface area contributed by atoms with Crippen molar-refractivity contribution in [1.82, 2.24) is 15.0 Å². The topological polar surface area (TPSA) is 44.5 Å². The highest BCUT2D eigenvalue weighted by atomic mass is 14.9. The van der Waals surface area contributed by atoms with Gasteiger partial charge in [-0.05, 0) is 101 Å². The molecule has 2 aromatic heterocycles. The van der Waals surface area contributed by atoms with Crippen LogP contribution in [-0.2, 0) is 12.8 Å². The number of rotatable bonds is 9. The molecule has 2 atom stereocenters. The summed E-state index contributed by atoms with van der Waals surface area (Å²) < 4.78 is 0. The molecular formula is C29H45N3. The van der Waals surface area contributed by atoms with Crippen molar-refractivity contribution >= 4 is 0 Å². The van der Waals surface area contributed by atoms with E-state index < -0.39 is 0 Å². The van der Waals surface area contributed by atoms with Crippen molar-refractivity contribution in [2.24, 2.45) is 11.8 Å². The van der Waals surface area contributed by atoms with Crippen LogP contribution in [0.1, 0.15) is 101 Å². The van der Waals surface area contributed by atoms with Crippen LogP contribution in [0.5, 0.6) is 0 Å². The Balaban J connectivity index is 0.000000186. The first-order valence-electron chi connectivity index (χ1n) is 13.1. The van der Waals surface area contributed by atoms with Crippen molar-refractivity contribution in [2.75, 3.05) is 0 Å². The minimum Gasteiger partial charge on any atom is -0.367 e. The van der Waals surface area contributed by atoms with Gasteiger partial charge >= 0.3 is 0 Å². The summed E-state index contributed by atoms with van der Waals surface area (Å²) in [5, 5.41) is 0. The molecule has 0 saturated carbocycles. The Morgan fingerprint density at radius 3 is 2.25 bits per heavy atom. The SMILES string of the molecule is CCC1=CCC(Cc2cnc[nH]2)CC1.CCCCCC1=CCC(Cc2c[nH]cc2C)CC1. The highest BCUT2D eigenvalue weighted by Gasteiger charge is 2.16. The second-order valence-electron chi connectivity index (χ2n) is 9.96. The summed E-state index contributed by atoms with van der Waals surface area (Å²) in [5.41, 5.74) is 7.59. The second kappa shape index (κ2) is 13.5. The molecule has 0 radical (unpaired) electrons. The van der Waals surface area contributed by atoms with Gasteiger partial charge in [0, 0.05) is 24.3 Å². The third-order valence-electron chi connectivity index (χ3n) is 7.42. The maximum Gasteiger partial charge on any atom is 0.0921 e. The first kappa shape index (κ1) is 24.6. The number of unbranched alkanes of at least 4 members (excludes halogenated alkanes) is 2. The molecule has 2 heterocycles. The number of imidazole rings is 1. The molecule has 2 aliphatic rings. The van der Waals surface area contributed by atoms with Crippen LogP contribution in [-0.4, -0.2) is 15.0 Å². The van der Waals surface area contributed by atoms with Crippen molar-refractivity contribution in [2.45, 2.75) is 104 Å². The highest BCUT2D eigenvalue weighted by molar-refractivity contribution is 5.22. The third-order valence-corrected chi connectivity index (χ3v) is 7.42. The van der Waals surface area contributed by atoms with Crippen LogP contribution in [0.25, 0.3) is 0 Å². The monoisotopic (exact) mass is 435 g/mol. The number of hydrogen-bond donors (Lipinski definition) is 2. The van der Waals surface area contributed by atoms with Gasteiger partial charge < -0.3 is 9.97 Å². The summed E-state index contributed by atoms with van der Waals surface area (Å²) >= 11 is 0. The van der Waals surface area contributed by atoms with Crippen molar-refractivity contribution in [1.29, 1.82) is 0 Å². The Morgan fingerprint density at radius 2 is 1.69 bits per heavy atom. The number of aryl methyl sites for hydroxylation is 1. The zero-order valence-corrected chi connectivity index (χ0v) is 20.8. The third kappa shape index (κ3) is 8.15. The summed E-state index contributed by atoms with van der Waals surface area (Å²) in [6.45, 7) is 6.74. The number of allylic oxidation sites excluding steroid dienone is 4. The molecule has 3 nitrogen and oxygen atoms in total. The van der Waals surface area contributed by atoms with E-state index in [1.807, 2.05) is 6.20 Å². The van der Waals surface area contributed by atoms with Gasteiger partial charge in [-0.2, -0.15) is 0 Å². The Morgan fingerprint density at radius 1 is 0.938 bits per heavy atom. The van der Waals surface area contributed by atoms with E-state index in [-0.39, 0.29) is 0 Å². The van der Waals surface area contributed by atoms with Gasteiger partial charge in [0.2, 0.25) is 0 Å². The summed E-state index contributed by atoms with van der Waals surface area (Å²) in [4.78, 5) is 10.4. The minimum absolute atomic E-state index is 0.825. The van der Waals surface area contributed by atoms with Gasteiger partial charge in [0.05, 0.1) is 6.33 Å². The van der Waals surface area contributed by atoms with Crippen LogP contribution in [0.2, 0.25) is 0 Å². The largest absolute Gasteiger partial charge is 0.367 e. The fourth-order valence-corrected chi connectivity index (χ4v) is 5.12. The molecule has 32 heavy (non-hydrogen) atoms. The molecule has 0 fully saturated rings. The molecule has 2 aliphatic carbocycles. The zero-order chi connectivity index (χ0) is 22.6. The maximum atomic E-state index is 4.05. The van der Waals surface area contributed by atoms with Gasteiger partial charge in [-0.1, -0.05) is 50.0 Å².